The van der Waals surface area contributed by atoms with Crippen LogP contribution in [0.2, 0.25) is 0 Å². The molecule has 1 aromatic carbocycles. The number of hydrogen-bond donors (Lipinski definition) is 1. The first-order chi connectivity index (χ1) is 9.69. The van der Waals surface area contributed by atoms with Crippen molar-refractivity contribution in [3.63, 3.8) is 0 Å². The van der Waals surface area contributed by atoms with Crippen LogP contribution in [0.15, 0.2) is 18.2 Å². The van der Waals surface area contributed by atoms with Crippen LogP contribution >= 0.6 is 0 Å². The maximum atomic E-state index is 12.8. The van der Waals surface area contributed by atoms with E-state index < -0.39 is 0 Å². The number of nitrogens with one attached hydrogen (secondary N) is 1. The van der Waals surface area contributed by atoms with Crippen LogP contribution < -0.4 is 10.1 Å². The minimum Gasteiger partial charge on any atom is -0.496 e. The summed E-state index contributed by atoms with van der Waals surface area (Å²) in [7, 11) is 1.63. The van der Waals surface area contributed by atoms with Crippen molar-refractivity contribution in [3.8, 4) is 5.75 Å². The minimum atomic E-state index is -0.0289. The number of benzene rings is 1. The maximum Gasteiger partial charge on any atom is 0.183 e. The Morgan fingerprint density at radius 1 is 1.30 bits per heavy atom. The van der Waals surface area contributed by atoms with Crippen molar-refractivity contribution in [2.45, 2.75) is 51.1 Å². The SMILES string of the molecule is COc1ccc(C)cc1C(=O)C1CC2CCCCC2N1. The average molecular weight is 273 g/mol. The number of rotatable bonds is 3. The smallest absolute Gasteiger partial charge is 0.183 e. The maximum absolute atomic E-state index is 12.8. The molecule has 0 radical (unpaired) electrons. The molecule has 1 saturated carbocycles. The zero-order chi connectivity index (χ0) is 14.1. The summed E-state index contributed by atoms with van der Waals surface area (Å²) in [4.78, 5) is 12.8. The lowest BCUT2D eigenvalue weighted by molar-refractivity contribution is 0.0946. The third kappa shape index (κ3) is 2.47. The zero-order valence-electron chi connectivity index (χ0n) is 12.3. The summed E-state index contributed by atoms with van der Waals surface area (Å²) in [6.07, 6.45) is 6.09. The molecule has 0 spiro atoms. The van der Waals surface area contributed by atoms with Crippen LogP contribution in [0.25, 0.3) is 0 Å². The molecule has 3 nitrogen and oxygen atoms in total. The molecule has 108 valence electrons. The van der Waals surface area contributed by atoms with Crippen LogP contribution in [0.4, 0.5) is 0 Å². The average Bonchev–Trinajstić information content (AvgIpc) is 2.90. The zero-order valence-corrected chi connectivity index (χ0v) is 12.3. The summed E-state index contributed by atoms with van der Waals surface area (Å²) in [5, 5.41) is 3.56. The molecular formula is C17H23NO2. The molecule has 1 aliphatic carbocycles. The highest BCUT2D eigenvalue weighted by Gasteiger charge is 2.38. The largest absolute Gasteiger partial charge is 0.496 e. The van der Waals surface area contributed by atoms with Crippen LogP contribution in [0.5, 0.6) is 5.75 Å². The molecule has 3 rings (SSSR count). The molecule has 1 N–H and O–H groups in total. The van der Waals surface area contributed by atoms with Crippen molar-refractivity contribution in [2.24, 2.45) is 5.92 Å². The van der Waals surface area contributed by atoms with E-state index in [1.807, 2.05) is 25.1 Å². The monoisotopic (exact) mass is 273 g/mol. The van der Waals surface area contributed by atoms with Gasteiger partial charge in [-0.2, -0.15) is 0 Å². The van der Waals surface area contributed by atoms with Gasteiger partial charge >= 0.3 is 0 Å². The quantitative estimate of drug-likeness (QED) is 0.860. The highest BCUT2D eigenvalue weighted by Crippen LogP contribution is 2.35. The molecule has 0 amide bonds. The van der Waals surface area contributed by atoms with Gasteiger partial charge in [0.15, 0.2) is 5.78 Å². The lowest BCUT2D eigenvalue weighted by Gasteiger charge is -2.24. The molecule has 2 fully saturated rings. The number of ketones is 1. The van der Waals surface area contributed by atoms with E-state index in [1.165, 1.54) is 25.7 Å². The van der Waals surface area contributed by atoms with E-state index in [1.54, 1.807) is 7.11 Å². The van der Waals surface area contributed by atoms with Gasteiger partial charge in [0.2, 0.25) is 0 Å². The van der Waals surface area contributed by atoms with Crippen molar-refractivity contribution in [1.29, 1.82) is 0 Å². The fourth-order valence-electron chi connectivity index (χ4n) is 3.72. The van der Waals surface area contributed by atoms with Gasteiger partial charge in [0.25, 0.3) is 0 Å². The molecular weight excluding hydrogens is 250 g/mol. The molecule has 0 bridgehead atoms. The Bertz CT molecular complexity index is 498. The van der Waals surface area contributed by atoms with Gasteiger partial charge in [-0.05, 0) is 44.2 Å². The number of ether oxygens (including phenoxy) is 1. The summed E-state index contributed by atoms with van der Waals surface area (Å²) < 4.78 is 5.35. The van der Waals surface area contributed by atoms with Gasteiger partial charge in [-0.1, -0.05) is 24.5 Å². The molecule has 20 heavy (non-hydrogen) atoms. The lowest BCUT2D eigenvalue weighted by Crippen LogP contribution is -2.37. The first kappa shape index (κ1) is 13.6. The topological polar surface area (TPSA) is 38.3 Å². The number of carbonyl (C=O) groups excluding carboxylic acids is 1. The summed E-state index contributed by atoms with van der Waals surface area (Å²) in [5.74, 6) is 1.57. The summed E-state index contributed by atoms with van der Waals surface area (Å²) in [5.41, 5.74) is 1.83. The van der Waals surface area contributed by atoms with Gasteiger partial charge in [-0.3, -0.25) is 4.79 Å². The lowest BCUT2D eigenvalue weighted by atomic mass is 9.84. The Morgan fingerprint density at radius 3 is 2.85 bits per heavy atom. The van der Waals surface area contributed by atoms with Gasteiger partial charge in [-0.15, -0.1) is 0 Å². The van der Waals surface area contributed by atoms with E-state index >= 15 is 0 Å². The minimum absolute atomic E-state index is 0.0289. The van der Waals surface area contributed by atoms with Crippen LogP contribution in [-0.2, 0) is 0 Å². The first-order valence-electron chi connectivity index (χ1n) is 7.64. The molecule has 3 heteroatoms. The predicted molar refractivity (Wildman–Crippen MR) is 79.3 cm³/mol. The predicted octanol–water partition coefficient (Wildman–Crippen LogP) is 3.11. The van der Waals surface area contributed by atoms with Crippen molar-refractivity contribution >= 4 is 5.78 Å². The highest BCUT2D eigenvalue weighted by molar-refractivity contribution is 6.02. The van der Waals surface area contributed by atoms with Crippen molar-refractivity contribution in [3.05, 3.63) is 29.3 Å². The molecule has 1 aliphatic heterocycles. The van der Waals surface area contributed by atoms with E-state index in [4.69, 9.17) is 4.74 Å². The van der Waals surface area contributed by atoms with Crippen molar-refractivity contribution in [1.82, 2.24) is 5.32 Å². The number of aryl methyl sites for hydroxylation is 1. The second kappa shape index (κ2) is 5.57. The van der Waals surface area contributed by atoms with Crippen LogP contribution in [-0.4, -0.2) is 25.0 Å². The Labute approximate surface area is 120 Å². The summed E-state index contributed by atoms with van der Waals surface area (Å²) in [6, 6.07) is 6.35. The normalized spacial score (nSPS) is 29.0. The van der Waals surface area contributed by atoms with Crippen molar-refractivity contribution in [2.75, 3.05) is 7.11 Å². The highest BCUT2D eigenvalue weighted by atomic mass is 16.5. The number of fused-ring (bicyclic) bond motifs is 1. The molecule has 1 saturated heterocycles. The van der Waals surface area contributed by atoms with Crippen molar-refractivity contribution < 1.29 is 9.53 Å². The summed E-state index contributed by atoms with van der Waals surface area (Å²) >= 11 is 0. The van der Waals surface area contributed by atoms with Gasteiger partial charge in [-0.25, -0.2) is 0 Å². The third-order valence-electron chi connectivity index (χ3n) is 4.80. The second-order valence-corrected chi connectivity index (χ2v) is 6.17. The number of Topliss-reactive ketones (excluding diaryl/α,β-unsaturated/α-hetero) is 1. The van der Waals surface area contributed by atoms with E-state index in [2.05, 4.69) is 5.32 Å². The Kier molecular flexibility index (Phi) is 3.79. The first-order valence-corrected chi connectivity index (χ1v) is 7.64. The van der Waals surface area contributed by atoms with E-state index in [0.717, 1.165) is 17.5 Å². The molecule has 3 unspecified atom stereocenters. The van der Waals surface area contributed by atoms with E-state index in [0.29, 0.717) is 17.7 Å². The third-order valence-corrected chi connectivity index (χ3v) is 4.80. The second-order valence-electron chi connectivity index (χ2n) is 6.17. The van der Waals surface area contributed by atoms with E-state index in [-0.39, 0.29) is 11.8 Å². The number of hydrogen-bond acceptors (Lipinski definition) is 3. The van der Waals surface area contributed by atoms with Crippen LogP contribution in [0.1, 0.15) is 48.0 Å². The molecule has 3 atom stereocenters. The molecule has 1 aromatic rings. The Morgan fingerprint density at radius 2 is 2.10 bits per heavy atom. The number of methoxy groups -OCH3 is 1. The molecule has 0 aromatic heterocycles. The standard InChI is InChI=1S/C17H23NO2/c1-11-7-8-16(20-2)13(9-11)17(19)15-10-12-5-3-4-6-14(12)18-15/h7-9,12,14-15,18H,3-6,10H2,1-2H3. The Balaban J connectivity index is 1.81. The summed E-state index contributed by atoms with van der Waals surface area (Å²) in [6.45, 7) is 2.01. The fraction of sp³-hybridized carbons (Fsp3) is 0.588. The molecule has 2 aliphatic rings. The number of carbonyl (C=O) groups is 1. The van der Waals surface area contributed by atoms with Crippen LogP contribution in [0, 0.1) is 12.8 Å². The van der Waals surface area contributed by atoms with Gasteiger partial charge < -0.3 is 10.1 Å². The fourth-order valence-corrected chi connectivity index (χ4v) is 3.72. The van der Waals surface area contributed by atoms with Gasteiger partial charge in [0, 0.05) is 6.04 Å². The van der Waals surface area contributed by atoms with Gasteiger partial charge in [0.1, 0.15) is 5.75 Å². The van der Waals surface area contributed by atoms with Crippen LogP contribution in [0.3, 0.4) is 0 Å². The Hall–Kier alpha value is -1.35. The van der Waals surface area contributed by atoms with E-state index in [9.17, 15) is 4.79 Å². The molecule has 1 heterocycles. The van der Waals surface area contributed by atoms with Gasteiger partial charge in [0.05, 0.1) is 18.7 Å².